The highest BCUT2D eigenvalue weighted by atomic mass is 31.2. The van der Waals surface area contributed by atoms with Crippen LogP contribution in [-0.4, -0.2) is 181 Å². The Labute approximate surface area is 556 Å². The summed E-state index contributed by atoms with van der Waals surface area (Å²) in [6, 6.07) is 2.48. The smallest absolute Gasteiger partial charge is 0.390 e. The third kappa shape index (κ3) is 17.6. The molecule has 0 radical (unpaired) electrons. The number of H-pyrrole nitrogens is 3. The van der Waals surface area contributed by atoms with Gasteiger partial charge in [0.2, 0.25) is 5.95 Å². The average Bonchev–Trinajstić information content (AvgIpc) is 1.61. The van der Waals surface area contributed by atoms with Crippen LogP contribution < -0.4 is 56.6 Å². The van der Waals surface area contributed by atoms with E-state index >= 15 is 0 Å². The van der Waals surface area contributed by atoms with E-state index in [1.165, 1.54) is 32.2 Å². The number of hydrogen-bond donors (Lipinski definition) is 12. The summed E-state index contributed by atoms with van der Waals surface area (Å²) in [5, 5.41) is 10.8. The first-order valence-electron chi connectivity index (χ1n) is 29.5. The van der Waals surface area contributed by atoms with E-state index in [0.29, 0.717) is 0 Å². The molecule has 52 heteroatoms. The van der Waals surface area contributed by atoms with Crippen molar-refractivity contribution in [2.75, 3.05) is 50.2 Å². The first-order valence-corrected chi connectivity index (χ1v) is 36.6. The summed E-state index contributed by atoms with van der Waals surface area (Å²) in [4.78, 5) is 165. The molecular weight excluding hydrogens is 1450 g/mol. The molecule has 5 fully saturated rings. The van der Waals surface area contributed by atoms with Crippen molar-refractivity contribution in [3.05, 3.63) is 127 Å². The molecule has 0 aliphatic carbocycles. The topological polar surface area (TPSA) is 657 Å². The van der Waals surface area contributed by atoms with Gasteiger partial charge in [0.05, 0.1) is 38.9 Å². The number of anilines is 3. The van der Waals surface area contributed by atoms with E-state index in [2.05, 4.69) is 34.9 Å². The molecule has 5 aliphatic heterocycles. The van der Waals surface area contributed by atoms with Gasteiger partial charge in [-0.05, 0) is 26.0 Å². The number of aryl methyl sites for hydroxylation is 2. The zero-order valence-electron chi connectivity index (χ0n) is 51.6. The summed E-state index contributed by atoms with van der Waals surface area (Å²) in [5.41, 5.74) is 10.6. The van der Waals surface area contributed by atoms with Crippen LogP contribution in [0.3, 0.4) is 0 Å². The molecule has 47 nitrogen and oxygen atoms in total. The molecule has 6 aromatic heterocycles. The Hall–Kier alpha value is -6.91. The number of aromatic amines is 3. The zero-order chi connectivity index (χ0) is 72.1. The van der Waals surface area contributed by atoms with Gasteiger partial charge in [-0.2, -0.15) is 15.0 Å². The lowest BCUT2D eigenvalue weighted by atomic mass is 10.2. The van der Waals surface area contributed by atoms with Gasteiger partial charge in [-0.15, -0.1) is 9.42 Å². The number of fused-ring (bicyclic) bond motifs is 1. The fourth-order valence-electron chi connectivity index (χ4n) is 11.2. The predicted molar refractivity (Wildman–Crippen MR) is 328 cm³/mol. The second-order valence-corrected chi connectivity index (χ2v) is 29.2. The summed E-state index contributed by atoms with van der Waals surface area (Å²) in [6.07, 6.45) is -19.3. The minimum Gasteiger partial charge on any atom is -0.390 e. The van der Waals surface area contributed by atoms with Crippen LogP contribution in [0.25, 0.3) is 11.2 Å². The number of hydrogen-bond acceptors (Lipinski definition) is 34. The Balaban J connectivity index is 0.792. The van der Waals surface area contributed by atoms with E-state index in [-0.39, 0.29) is 46.3 Å². The maximum absolute atomic E-state index is 14.2. The molecule has 5 unspecified atom stereocenters. The van der Waals surface area contributed by atoms with Crippen molar-refractivity contribution in [1.82, 2.24) is 57.7 Å². The van der Waals surface area contributed by atoms with E-state index in [0.717, 1.165) is 47.8 Å². The standard InChI is InChI=1S/C48H62N15O32P5/c1-20-12-61(47(70)57-41(20)65)36-9-23(28(88-36)14-82-96(72)73)92-98(76,77)84-16-29-24(8-35(89-29)60-6-4-33(50)54-46(60)69)93-99(78,79)86-18-31-26(11-38(91-31)63-19-52-39-40(63)55-44(51)56-43(39)67)95-100(80,81)85-17-30-25(10-37(90-30)62-13-21(2)42(66)58-48(62)71)94-97(74,75)83-15-27-22(64)7-34(87-27)59-5-3-32(49)53-45(59)68/h3-6,12-13,19,22-31,34-38,64H,7-11,14-18H2,1-2H3,(H13-,49,50,51,53,54,55,56,57,58,65,66,67,68,69,70,71,72,73,74,75,76,77,78,79,80,81)/p+1/t22-,23-,24-,25-,26-,27+,28+,29+,30+,31+,34+,35+,36+,37+,38+/m0/s1. The molecule has 15 N–H and O–H groups in total. The number of phosphoric ester groups is 4. The van der Waals surface area contributed by atoms with Gasteiger partial charge >= 0.3 is 62.3 Å². The molecule has 0 saturated carbocycles. The highest BCUT2D eigenvalue weighted by molar-refractivity contribution is 7.48. The largest absolute Gasteiger partial charge is 0.694 e. The van der Waals surface area contributed by atoms with Crippen LogP contribution in [0.2, 0.25) is 0 Å². The van der Waals surface area contributed by atoms with E-state index in [1.54, 1.807) is 0 Å². The maximum atomic E-state index is 14.2. The molecule has 0 bridgehead atoms. The van der Waals surface area contributed by atoms with Crippen LogP contribution in [0.1, 0.15) is 74.4 Å². The van der Waals surface area contributed by atoms with Gasteiger partial charge < -0.3 is 65.6 Å². The van der Waals surface area contributed by atoms with E-state index in [1.807, 2.05) is 0 Å². The normalized spacial score (nSPS) is 29.6. The Morgan fingerprint density at radius 1 is 0.520 bits per heavy atom. The Morgan fingerprint density at radius 2 is 0.880 bits per heavy atom. The minimum atomic E-state index is -5.57. The van der Waals surface area contributed by atoms with Crippen LogP contribution in [0.5, 0.6) is 0 Å². The number of phosphoric acid groups is 4. The zero-order valence-corrected chi connectivity index (χ0v) is 56.0. The van der Waals surface area contributed by atoms with Crippen LogP contribution in [-0.2, 0) is 87.2 Å². The molecule has 5 aliphatic rings. The van der Waals surface area contributed by atoms with Crippen LogP contribution in [0.15, 0.2) is 76.8 Å². The Bertz CT molecular complexity index is 4720. The number of ether oxygens (including phenoxy) is 5. The van der Waals surface area contributed by atoms with Gasteiger partial charge in [-0.3, -0.25) is 88.4 Å². The molecule has 5 saturated heterocycles. The highest BCUT2D eigenvalue weighted by Gasteiger charge is 2.50. The number of nitrogens with zero attached hydrogens (tertiary/aromatic N) is 9. The number of rotatable bonds is 28. The number of nitrogens with two attached hydrogens (primary N) is 3. The van der Waals surface area contributed by atoms with Crippen molar-refractivity contribution < 1.29 is 117 Å². The van der Waals surface area contributed by atoms with Crippen molar-refractivity contribution in [2.45, 2.75) is 138 Å². The van der Waals surface area contributed by atoms with E-state index < -0.39 is 230 Å². The molecule has 0 spiro atoms. The minimum absolute atomic E-state index is 0.00574. The monoisotopic (exact) mass is 1520 g/mol. The molecule has 11 rings (SSSR count). The number of imidazole rings is 1. The van der Waals surface area contributed by atoms with Gasteiger partial charge in [-0.25, -0.2) is 42.4 Å². The van der Waals surface area contributed by atoms with E-state index in [9.17, 15) is 86.0 Å². The Morgan fingerprint density at radius 3 is 1.28 bits per heavy atom. The van der Waals surface area contributed by atoms with Crippen LogP contribution in [0, 0.1) is 13.8 Å². The first-order chi connectivity index (χ1) is 47.1. The third-order valence-electron chi connectivity index (χ3n) is 16.0. The predicted octanol–water partition coefficient (Wildman–Crippen LogP) is -2.43. The number of nitrogen functional groups attached to an aromatic ring is 3. The van der Waals surface area contributed by atoms with Gasteiger partial charge in [-0.1, -0.05) is 0 Å². The lowest BCUT2D eigenvalue weighted by Gasteiger charge is -2.25. The first kappa shape index (κ1) is 74.3. The molecule has 6 aromatic rings. The van der Waals surface area contributed by atoms with Crippen molar-refractivity contribution >= 4 is 68.3 Å². The van der Waals surface area contributed by atoms with Gasteiger partial charge in [0.1, 0.15) is 104 Å². The maximum Gasteiger partial charge on any atom is 0.694 e. The number of aromatic nitrogens is 12. The second kappa shape index (κ2) is 29.8. The molecule has 100 heavy (non-hydrogen) atoms. The number of aliphatic hydroxyl groups is 1. The summed E-state index contributed by atoms with van der Waals surface area (Å²) in [5.74, 6) is -0.703. The van der Waals surface area contributed by atoms with Crippen LogP contribution >= 0.6 is 39.5 Å². The Kier molecular flexibility index (Phi) is 22.1. The lowest BCUT2D eigenvalue weighted by Crippen LogP contribution is -2.33. The van der Waals surface area contributed by atoms with Gasteiger partial charge in [0.25, 0.3) is 16.7 Å². The SMILES string of the molecule is Cc1cn([C@H]2C[C@H](OP(=O)(O)OC[C@H]3O[C@@H](n4ccc(N)nc4=O)C[C@@H]3OP(=O)(O)OC[C@H]3O[C@@H](n4cnc5c(=O)[nH]c(N)nc54)C[C@@H]3OP(=O)(O)OC[C@H]3O[C@@H](n4cc(C)c(=O)[nH]c4=O)C[C@@H]3OP(=O)(O)OC[C@H]3O[C@@H](n4ccc(N)nc4=O)C[C@@H]3O)[C@@H](CO[P+](=O)O)O2)c(=O)[nH]c1=O. The van der Waals surface area contributed by atoms with Crippen molar-refractivity contribution in [2.24, 2.45) is 0 Å². The highest BCUT2D eigenvalue weighted by Crippen LogP contribution is 2.55. The third-order valence-corrected chi connectivity index (χ3v) is 20.4. The van der Waals surface area contributed by atoms with Gasteiger partial charge in [0, 0.05) is 72.6 Å². The van der Waals surface area contributed by atoms with Crippen molar-refractivity contribution in [3.63, 3.8) is 0 Å². The van der Waals surface area contributed by atoms with Crippen molar-refractivity contribution in [3.8, 4) is 0 Å². The quantitative estimate of drug-likeness (QED) is 0.0227. The fourth-order valence-corrected chi connectivity index (χ4v) is 15.3. The summed E-state index contributed by atoms with van der Waals surface area (Å²) in [6.45, 7) is -2.10. The molecular formula is C48H63N15O32P5+. The average molecular weight is 1520 g/mol. The summed E-state index contributed by atoms with van der Waals surface area (Å²) >= 11 is 0. The molecule has 20 atom stereocenters. The van der Waals surface area contributed by atoms with E-state index in [4.69, 9.17) is 81.6 Å². The molecule has 11 heterocycles. The van der Waals surface area contributed by atoms with Gasteiger partial charge in [0.15, 0.2) is 11.2 Å². The van der Waals surface area contributed by atoms with Crippen LogP contribution in [0.4, 0.5) is 17.6 Å². The fraction of sp³-hybridized carbons (Fsp3) is 0.562. The van der Waals surface area contributed by atoms with Crippen molar-refractivity contribution in [1.29, 1.82) is 0 Å². The second-order valence-electron chi connectivity index (χ2n) is 22.9. The summed E-state index contributed by atoms with van der Waals surface area (Å²) < 4.78 is 150. The molecule has 0 aromatic carbocycles. The number of aliphatic hydroxyl groups excluding tert-OH is 1. The molecule has 546 valence electrons. The lowest BCUT2D eigenvalue weighted by molar-refractivity contribution is -0.0642. The number of nitrogens with one attached hydrogen (secondary N) is 3. The molecule has 0 amide bonds. The summed E-state index contributed by atoms with van der Waals surface area (Å²) in [7, 11) is -25.1.